The maximum absolute atomic E-state index is 13.8. The number of nitrogens with zero attached hydrogens (tertiary/aromatic N) is 8. The van der Waals surface area contributed by atoms with E-state index in [0.717, 1.165) is 46.0 Å². The molecule has 11 heteroatoms. The number of aromatic nitrogens is 7. The highest BCUT2D eigenvalue weighted by Gasteiger charge is 2.34. The predicted molar refractivity (Wildman–Crippen MR) is 152 cm³/mol. The van der Waals surface area contributed by atoms with E-state index in [1.54, 1.807) is 46.1 Å². The number of benzene rings is 1. The molecule has 6 aromatic rings. The molecule has 1 aliphatic rings. The SMILES string of the molecule is Cn1ncc2c(N)nc3cc(Cl)c(C(=O)N(Cc4ccc(C#Cc5cnc6cccnn56)cn4)C4CC4)cc3c21. The molecule has 5 aromatic heterocycles. The minimum Gasteiger partial charge on any atom is -0.383 e. The number of hydrogen-bond acceptors (Lipinski definition) is 7. The highest BCUT2D eigenvalue weighted by atomic mass is 35.5. The molecule has 0 unspecified atom stereocenters. The number of hydrogen-bond donors (Lipinski definition) is 1. The van der Waals surface area contributed by atoms with Crippen LogP contribution >= 0.6 is 11.6 Å². The number of carbonyl (C=O) groups is 1. The summed E-state index contributed by atoms with van der Waals surface area (Å²) in [5.74, 6) is 6.44. The van der Waals surface area contributed by atoms with Gasteiger partial charge in [0.1, 0.15) is 11.5 Å². The molecule has 1 aromatic carbocycles. The number of fused-ring (bicyclic) bond motifs is 4. The molecule has 2 N–H and O–H groups in total. The third kappa shape index (κ3) is 4.17. The normalized spacial score (nSPS) is 13.1. The van der Waals surface area contributed by atoms with Gasteiger partial charge in [0.15, 0.2) is 5.65 Å². The lowest BCUT2D eigenvalue weighted by Crippen LogP contribution is -2.33. The Labute approximate surface area is 233 Å². The zero-order valence-electron chi connectivity index (χ0n) is 21.4. The maximum Gasteiger partial charge on any atom is 0.255 e. The first kappa shape index (κ1) is 24.1. The van der Waals surface area contributed by atoms with Crippen LogP contribution in [0.4, 0.5) is 5.82 Å². The van der Waals surface area contributed by atoms with Crippen LogP contribution in [0.5, 0.6) is 0 Å². The smallest absolute Gasteiger partial charge is 0.255 e. The van der Waals surface area contributed by atoms with Gasteiger partial charge in [-0.3, -0.25) is 14.5 Å². The summed E-state index contributed by atoms with van der Waals surface area (Å²) in [6, 6.07) is 11.1. The lowest BCUT2D eigenvalue weighted by Gasteiger charge is -2.23. The molecule has 7 rings (SSSR count). The number of amides is 1. The van der Waals surface area contributed by atoms with Crippen molar-refractivity contribution >= 4 is 50.8 Å². The van der Waals surface area contributed by atoms with E-state index in [1.807, 2.05) is 36.2 Å². The van der Waals surface area contributed by atoms with Crippen LogP contribution in [0.3, 0.4) is 0 Å². The molecule has 5 heterocycles. The van der Waals surface area contributed by atoms with Crippen molar-refractivity contribution in [3.63, 3.8) is 0 Å². The van der Waals surface area contributed by atoms with E-state index in [9.17, 15) is 4.79 Å². The van der Waals surface area contributed by atoms with Crippen LogP contribution in [0.2, 0.25) is 5.02 Å². The van der Waals surface area contributed by atoms with Gasteiger partial charge in [0, 0.05) is 36.4 Å². The average Bonchev–Trinajstić information content (AvgIpc) is 3.60. The lowest BCUT2D eigenvalue weighted by molar-refractivity contribution is 0.0728. The largest absolute Gasteiger partial charge is 0.383 e. The molecule has 0 radical (unpaired) electrons. The molecule has 10 nitrogen and oxygen atoms in total. The van der Waals surface area contributed by atoms with E-state index in [1.165, 1.54) is 0 Å². The molecular weight excluding hydrogens is 526 g/mol. The van der Waals surface area contributed by atoms with Crippen LogP contribution in [0.25, 0.3) is 27.5 Å². The average molecular weight is 548 g/mol. The van der Waals surface area contributed by atoms with Crippen LogP contribution in [-0.2, 0) is 13.6 Å². The van der Waals surface area contributed by atoms with Crippen molar-refractivity contribution in [2.45, 2.75) is 25.4 Å². The van der Waals surface area contributed by atoms with E-state index >= 15 is 0 Å². The Morgan fingerprint density at radius 2 is 1.98 bits per heavy atom. The second-order valence-corrected chi connectivity index (χ2v) is 10.2. The first-order valence-electron chi connectivity index (χ1n) is 12.7. The molecule has 40 heavy (non-hydrogen) atoms. The molecule has 0 bridgehead atoms. The van der Waals surface area contributed by atoms with Crippen molar-refractivity contribution in [2.75, 3.05) is 5.73 Å². The maximum atomic E-state index is 13.8. The van der Waals surface area contributed by atoms with E-state index in [4.69, 9.17) is 17.3 Å². The lowest BCUT2D eigenvalue weighted by atomic mass is 10.1. The van der Waals surface area contributed by atoms with Crippen molar-refractivity contribution in [3.8, 4) is 11.8 Å². The van der Waals surface area contributed by atoms with E-state index < -0.39 is 0 Å². The van der Waals surface area contributed by atoms with Gasteiger partial charge in [0.2, 0.25) is 0 Å². The zero-order valence-corrected chi connectivity index (χ0v) is 22.2. The molecule has 1 aliphatic carbocycles. The minimum absolute atomic E-state index is 0.143. The van der Waals surface area contributed by atoms with E-state index in [-0.39, 0.29) is 11.9 Å². The highest BCUT2D eigenvalue weighted by Crippen LogP contribution is 2.34. The number of pyridine rings is 2. The topological polar surface area (TPSA) is 120 Å². The second kappa shape index (κ2) is 9.32. The van der Waals surface area contributed by atoms with Crippen molar-refractivity contribution in [1.82, 2.24) is 39.2 Å². The van der Waals surface area contributed by atoms with Gasteiger partial charge in [-0.15, -0.1) is 0 Å². The van der Waals surface area contributed by atoms with Crippen molar-refractivity contribution < 1.29 is 4.79 Å². The first-order valence-corrected chi connectivity index (χ1v) is 13.1. The van der Waals surface area contributed by atoms with Gasteiger partial charge in [-0.25, -0.2) is 14.5 Å². The third-order valence-electron chi connectivity index (χ3n) is 7.04. The van der Waals surface area contributed by atoms with Crippen LogP contribution in [0, 0.1) is 11.8 Å². The van der Waals surface area contributed by atoms with Crippen LogP contribution in [0.1, 0.15) is 40.2 Å². The summed E-state index contributed by atoms with van der Waals surface area (Å²) < 4.78 is 3.42. The quantitative estimate of drug-likeness (QED) is 0.331. The van der Waals surface area contributed by atoms with Gasteiger partial charge in [-0.1, -0.05) is 17.5 Å². The van der Waals surface area contributed by atoms with Crippen LogP contribution < -0.4 is 5.73 Å². The number of imidazole rings is 1. The molecular formula is C29H22ClN9O. The summed E-state index contributed by atoms with van der Waals surface area (Å²) in [5, 5.41) is 10.4. The molecule has 196 valence electrons. The summed E-state index contributed by atoms with van der Waals surface area (Å²) in [6.45, 7) is 0.365. The van der Waals surface area contributed by atoms with Gasteiger partial charge in [0.05, 0.1) is 51.6 Å². The van der Waals surface area contributed by atoms with Gasteiger partial charge >= 0.3 is 0 Å². The molecule has 1 saturated carbocycles. The van der Waals surface area contributed by atoms with Crippen LogP contribution in [0.15, 0.2) is 61.2 Å². The summed E-state index contributed by atoms with van der Waals surface area (Å²) >= 11 is 6.63. The molecule has 0 spiro atoms. The molecule has 1 fully saturated rings. The number of rotatable bonds is 4. The van der Waals surface area contributed by atoms with E-state index in [0.29, 0.717) is 34.2 Å². The van der Waals surface area contributed by atoms with Crippen molar-refractivity contribution in [1.29, 1.82) is 0 Å². The fourth-order valence-electron chi connectivity index (χ4n) is 4.87. The monoisotopic (exact) mass is 547 g/mol. The van der Waals surface area contributed by atoms with Crippen molar-refractivity contribution in [3.05, 3.63) is 88.7 Å². The number of aryl methyl sites for hydroxylation is 1. The minimum atomic E-state index is -0.146. The van der Waals surface area contributed by atoms with Crippen LogP contribution in [-0.4, -0.2) is 51.2 Å². The number of nitrogens with two attached hydrogens (primary N) is 1. The Balaban J connectivity index is 1.16. The van der Waals surface area contributed by atoms with Gasteiger partial charge in [-0.2, -0.15) is 10.2 Å². The predicted octanol–water partition coefficient (Wildman–Crippen LogP) is 4.00. The Hall–Kier alpha value is -5.01. The molecule has 1 amide bonds. The number of nitrogen functional groups attached to an aromatic ring is 1. The summed E-state index contributed by atoms with van der Waals surface area (Å²) in [4.78, 5) is 29.1. The fourth-order valence-corrected chi connectivity index (χ4v) is 5.11. The van der Waals surface area contributed by atoms with E-state index in [2.05, 4.69) is 37.0 Å². The third-order valence-corrected chi connectivity index (χ3v) is 7.36. The van der Waals surface area contributed by atoms with Gasteiger partial charge in [-0.05, 0) is 55.2 Å². The van der Waals surface area contributed by atoms with Crippen molar-refractivity contribution in [2.24, 2.45) is 7.05 Å². The van der Waals surface area contributed by atoms with Gasteiger partial charge in [0.25, 0.3) is 5.91 Å². The Kier molecular flexibility index (Phi) is 5.61. The Morgan fingerprint density at radius 3 is 2.77 bits per heavy atom. The highest BCUT2D eigenvalue weighted by molar-refractivity contribution is 6.35. The number of anilines is 1. The fraction of sp³-hybridized carbons (Fsp3) is 0.172. The second-order valence-electron chi connectivity index (χ2n) is 9.77. The Bertz CT molecular complexity index is 2010. The molecule has 0 saturated heterocycles. The summed E-state index contributed by atoms with van der Waals surface area (Å²) in [7, 11) is 1.84. The zero-order chi connectivity index (χ0) is 27.4. The molecule has 0 atom stereocenters. The first-order chi connectivity index (χ1) is 19.5. The molecule has 0 aliphatic heterocycles. The Morgan fingerprint density at radius 1 is 1.10 bits per heavy atom. The summed E-state index contributed by atoms with van der Waals surface area (Å²) in [5.41, 5.74) is 10.9. The van der Waals surface area contributed by atoms with Gasteiger partial charge < -0.3 is 10.6 Å². The standard InChI is InChI=1S/C29H22ClN9O/c1-37-27-22-11-21(24(30)12-25(22)36-28(31)23(27)15-35-37)29(40)38(19-8-9-19)16-18-6-4-17(13-32-18)5-7-20-14-33-26-3-2-10-34-39(20)26/h2-4,6,10-15,19H,8-9,16H2,1H3,(H2,31,36). The number of carbonyl (C=O) groups excluding carboxylic acids is 1. The summed E-state index contributed by atoms with van der Waals surface area (Å²) in [6.07, 6.45) is 8.67. The number of halogens is 1.